The Kier molecular flexibility index (Phi) is 7.12. The minimum atomic E-state index is 0.308. The number of rotatable bonds is 8. The first-order chi connectivity index (χ1) is 8.25. The van der Waals surface area contributed by atoms with Gasteiger partial charge in [-0.25, -0.2) is 9.97 Å². The molecule has 3 N–H and O–H groups in total. The van der Waals surface area contributed by atoms with Crippen LogP contribution in [-0.2, 0) is 0 Å². The summed E-state index contributed by atoms with van der Waals surface area (Å²) in [4.78, 5) is 7.86. The third kappa shape index (κ3) is 5.46. The van der Waals surface area contributed by atoms with E-state index >= 15 is 0 Å². The Morgan fingerprint density at radius 3 is 2.82 bits per heavy atom. The summed E-state index contributed by atoms with van der Waals surface area (Å²) in [5.41, 5.74) is 6.17. The maximum absolute atomic E-state index is 5.79. The highest BCUT2D eigenvalue weighted by atomic mass is 35.5. The summed E-state index contributed by atoms with van der Waals surface area (Å²) >= 11 is 7.69. The van der Waals surface area contributed by atoms with Crippen molar-refractivity contribution in [1.29, 1.82) is 0 Å². The first-order valence-corrected chi connectivity index (χ1v) is 7.51. The Morgan fingerprint density at radius 2 is 2.06 bits per heavy atom. The van der Waals surface area contributed by atoms with E-state index in [1.165, 1.54) is 31.3 Å². The molecule has 0 aromatic carbocycles. The molecule has 0 spiro atoms. The fourth-order valence-corrected chi connectivity index (χ4v) is 2.07. The van der Waals surface area contributed by atoms with Crippen LogP contribution in [0.2, 0.25) is 5.15 Å². The molecular weight excluding hydrogens is 256 g/mol. The average molecular weight is 275 g/mol. The van der Waals surface area contributed by atoms with Crippen LogP contribution in [0.3, 0.4) is 0 Å². The van der Waals surface area contributed by atoms with Crippen LogP contribution in [0.15, 0.2) is 6.33 Å². The molecular formula is C11H19ClN4S. The van der Waals surface area contributed by atoms with Crippen molar-refractivity contribution in [3.63, 3.8) is 0 Å². The zero-order valence-corrected chi connectivity index (χ0v) is 11.7. The molecule has 1 aromatic heterocycles. The van der Waals surface area contributed by atoms with Gasteiger partial charge in [-0.05, 0) is 24.9 Å². The molecule has 0 amide bonds. The van der Waals surface area contributed by atoms with Crippen molar-refractivity contribution >= 4 is 34.9 Å². The van der Waals surface area contributed by atoms with Gasteiger partial charge in [0.05, 0.1) is 0 Å². The second-order valence-corrected chi connectivity index (χ2v) is 5.10. The molecule has 6 heteroatoms. The van der Waals surface area contributed by atoms with E-state index in [-0.39, 0.29) is 0 Å². The predicted molar refractivity (Wildman–Crippen MR) is 76.8 cm³/mol. The van der Waals surface area contributed by atoms with Crippen molar-refractivity contribution in [2.24, 2.45) is 0 Å². The lowest BCUT2D eigenvalue weighted by atomic mass is 10.2. The number of hydrogen-bond donors (Lipinski definition) is 2. The van der Waals surface area contributed by atoms with Crippen LogP contribution in [0.4, 0.5) is 11.5 Å². The number of unbranched alkanes of at least 4 members (excludes halogenated alkanes) is 3. The number of nitrogens with one attached hydrogen (secondary N) is 1. The van der Waals surface area contributed by atoms with E-state index < -0.39 is 0 Å². The number of anilines is 2. The van der Waals surface area contributed by atoms with Gasteiger partial charge in [0.1, 0.15) is 12.0 Å². The number of hydrogen-bond acceptors (Lipinski definition) is 5. The van der Waals surface area contributed by atoms with Crippen molar-refractivity contribution in [1.82, 2.24) is 9.97 Å². The molecule has 0 radical (unpaired) electrons. The lowest BCUT2D eigenvalue weighted by Gasteiger charge is -2.08. The van der Waals surface area contributed by atoms with Crippen molar-refractivity contribution in [3.05, 3.63) is 11.5 Å². The zero-order chi connectivity index (χ0) is 12.5. The molecule has 96 valence electrons. The van der Waals surface area contributed by atoms with Crippen molar-refractivity contribution < 1.29 is 0 Å². The maximum atomic E-state index is 5.79. The first-order valence-electron chi connectivity index (χ1n) is 5.74. The van der Waals surface area contributed by atoms with Crippen LogP contribution in [0, 0.1) is 0 Å². The van der Waals surface area contributed by atoms with Crippen molar-refractivity contribution in [3.8, 4) is 0 Å². The number of aromatic nitrogens is 2. The van der Waals surface area contributed by atoms with Crippen LogP contribution in [0.5, 0.6) is 0 Å². The van der Waals surface area contributed by atoms with Crippen molar-refractivity contribution in [2.75, 3.05) is 29.6 Å². The van der Waals surface area contributed by atoms with Crippen molar-refractivity contribution in [2.45, 2.75) is 25.7 Å². The highest BCUT2D eigenvalue weighted by Gasteiger charge is 2.04. The van der Waals surface area contributed by atoms with E-state index in [1.807, 2.05) is 11.8 Å². The Morgan fingerprint density at radius 1 is 1.29 bits per heavy atom. The number of nitrogen functional groups attached to an aromatic ring is 1. The van der Waals surface area contributed by atoms with E-state index in [9.17, 15) is 0 Å². The third-order valence-corrected chi connectivity index (χ3v) is 3.40. The fourth-order valence-electron chi connectivity index (χ4n) is 1.45. The lowest BCUT2D eigenvalue weighted by Crippen LogP contribution is -2.07. The second kappa shape index (κ2) is 8.42. The van der Waals surface area contributed by atoms with Gasteiger partial charge in [-0.1, -0.05) is 24.4 Å². The van der Waals surface area contributed by atoms with Gasteiger partial charge in [0.2, 0.25) is 0 Å². The topological polar surface area (TPSA) is 63.8 Å². The largest absolute Gasteiger partial charge is 0.393 e. The summed E-state index contributed by atoms with van der Waals surface area (Å²) < 4.78 is 0. The highest BCUT2D eigenvalue weighted by Crippen LogP contribution is 2.21. The highest BCUT2D eigenvalue weighted by molar-refractivity contribution is 7.98. The Hall–Kier alpha value is -0.680. The summed E-state index contributed by atoms with van der Waals surface area (Å²) in [7, 11) is 0. The summed E-state index contributed by atoms with van der Waals surface area (Å²) in [5, 5.41) is 3.49. The standard InChI is InChI=1S/C11H19ClN4S/c1-17-7-5-3-2-4-6-14-11-9(13)10(12)15-8-16-11/h8H,2-7,13H2,1H3,(H,14,15,16). The predicted octanol–water partition coefficient (Wildman–Crippen LogP) is 3.05. The van der Waals surface area contributed by atoms with Crippen LogP contribution in [0.25, 0.3) is 0 Å². The van der Waals surface area contributed by atoms with Gasteiger partial charge in [-0.2, -0.15) is 11.8 Å². The van der Waals surface area contributed by atoms with Gasteiger partial charge in [0, 0.05) is 6.54 Å². The molecule has 17 heavy (non-hydrogen) atoms. The average Bonchev–Trinajstić information content (AvgIpc) is 2.33. The maximum Gasteiger partial charge on any atom is 0.157 e. The molecule has 0 atom stereocenters. The minimum absolute atomic E-state index is 0.308. The molecule has 0 aliphatic carbocycles. The Bertz CT molecular complexity index is 335. The normalized spacial score (nSPS) is 10.5. The molecule has 0 aliphatic rings. The minimum Gasteiger partial charge on any atom is -0.393 e. The molecule has 0 unspecified atom stereocenters. The number of thioether (sulfide) groups is 1. The summed E-state index contributed by atoms with van der Waals surface area (Å²) in [6, 6.07) is 0. The summed E-state index contributed by atoms with van der Waals surface area (Å²) in [5.74, 6) is 1.89. The number of nitrogens with zero attached hydrogens (tertiary/aromatic N) is 2. The SMILES string of the molecule is CSCCCCCCNc1ncnc(Cl)c1N. The molecule has 0 fully saturated rings. The van der Waals surface area contributed by atoms with Gasteiger partial charge in [-0.3, -0.25) is 0 Å². The smallest absolute Gasteiger partial charge is 0.157 e. The van der Waals surface area contributed by atoms with E-state index in [4.69, 9.17) is 17.3 Å². The molecule has 4 nitrogen and oxygen atoms in total. The number of halogens is 1. The van der Waals surface area contributed by atoms with Crippen LogP contribution < -0.4 is 11.1 Å². The van der Waals surface area contributed by atoms with E-state index in [0.29, 0.717) is 16.7 Å². The molecule has 0 saturated carbocycles. The zero-order valence-electron chi connectivity index (χ0n) is 10.1. The first kappa shape index (κ1) is 14.4. The second-order valence-electron chi connectivity index (χ2n) is 3.76. The van der Waals surface area contributed by atoms with Gasteiger partial charge in [-0.15, -0.1) is 0 Å². The molecule has 1 heterocycles. The Balaban J connectivity index is 2.16. The van der Waals surface area contributed by atoms with Crippen LogP contribution >= 0.6 is 23.4 Å². The third-order valence-electron chi connectivity index (χ3n) is 2.40. The Labute approximate surface area is 112 Å². The van der Waals surface area contributed by atoms with Crippen LogP contribution in [-0.4, -0.2) is 28.5 Å². The molecule has 1 rings (SSSR count). The van der Waals surface area contributed by atoms with Gasteiger partial charge < -0.3 is 11.1 Å². The van der Waals surface area contributed by atoms with Gasteiger partial charge in [0.25, 0.3) is 0 Å². The summed E-state index contributed by atoms with van der Waals surface area (Å²) in [6.45, 7) is 0.872. The fraction of sp³-hybridized carbons (Fsp3) is 0.636. The van der Waals surface area contributed by atoms with Crippen LogP contribution in [0.1, 0.15) is 25.7 Å². The summed E-state index contributed by atoms with van der Waals surface area (Å²) in [6.07, 6.45) is 8.48. The van der Waals surface area contributed by atoms with E-state index in [2.05, 4.69) is 21.5 Å². The molecule has 0 bridgehead atoms. The molecule has 1 aromatic rings. The van der Waals surface area contributed by atoms with Gasteiger partial charge >= 0.3 is 0 Å². The number of nitrogens with two attached hydrogens (primary N) is 1. The van der Waals surface area contributed by atoms with E-state index in [1.54, 1.807) is 0 Å². The van der Waals surface area contributed by atoms with Gasteiger partial charge in [0.15, 0.2) is 11.0 Å². The lowest BCUT2D eigenvalue weighted by molar-refractivity contribution is 0.688. The van der Waals surface area contributed by atoms with E-state index in [0.717, 1.165) is 13.0 Å². The molecule has 0 saturated heterocycles. The molecule has 0 aliphatic heterocycles. The quantitative estimate of drug-likeness (QED) is 0.563. The monoisotopic (exact) mass is 274 g/mol.